The summed E-state index contributed by atoms with van der Waals surface area (Å²) in [5.74, 6) is 3.56. The van der Waals surface area contributed by atoms with Crippen LogP contribution in [-0.2, 0) is 0 Å². The van der Waals surface area contributed by atoms with Gasteiger partial charge in [0.15, 0.2) is 0 Å². The first-order chi connectivity index (χ1) is 22.9. The largest absolute Gasteiger partial charge is 0.365 e. The quantitative estimate of drug-likeness (QED) is 0.123. The van der Waals surface area contributed by atoms with Crippen LogP contribution in [0.4, 0.5) is 0 Å². The standard InChI is InChI=1S/C15H25N.C11H14.C9H12.C8H18.2C2H6/c1-5-12-16(15(6-2)13(3)4)14-10-8-7-9-11-14;1-5-11-7-9(3)8(2)6-10(11)4;1-5-8(4)9(6-2)7-3;1-4-6-8(3)7-5-2;2*1-2/h8,10-11,15H,3,5-7,9,12H2,1-2,4H3;5-7H,1H2,2-4H3;2,5,7H,1,3-4H3;8H,4-7H2,1-3H3;2*1-2H3/b;;8-5-,9-7-;;;. The van der Waals surface area contributed by atoms with Crippen LogP contribution in [0.25, 0.3) is 6.08 Å². The summed E-state index contributed by atoms with van der Waals surface area (Å²) in [6.45, 7) is 42.8. The molecule has 1 unspecified atom stereocenters. The molecule has 0 amide bonds. The second kappa shape index (κ2) is 35.3. The first-order valence-electron chi connectivity index (χ1n) is 19.2. The van der Waals surface area contributed by atoms with Crippen molar-refractivity contribution in [3.05, 3.63) is 100 Å². The predicted octanol–water partition coefficient (Wildman–Crippen LogP) is 15.3. The first-order valence-corrected chi connectivity index (χ1v) is 19.2. The predicted molar refractivity (Wildman–Crippen MR) is 227 cm³/mol. The van der Waals surface area contributed by atoms with Crippen molar-refractivity contribution in [2.75, 3.05) is 6.54 Å². The van der Waals surface area contributed by atoms with Gasteiger partial charge in [-0.05, 0) is 114 Å². The normalized spacial score (nSPS) is 12.3. The van der Waals surface area contributed by atoms with Crippen LogP contribution < -0.4 is 0 Å². The fourth-order valence-electron chi connectivity index (χ4n) is 5.27. The Morgan fingerprint density at radius 2 is 1.42 bits per heavy atom. The van der Waals surface area contributed by atoms with E-state index in [1.807, 2.05) is 66.7 Å². The highest BCUT2D eigenvalue weighted by atomic mass is 15.2. The van der Waals surface area contributed by atoms with Crippen molar-refractivity contribution >= 4 is 6.08 Å². The zero-order valence-electron chi connectivity index (χ0n) is 35.1. The van der Waals surface area contributed by atoms with E-state index in [-0.39, 0.29) is 0 Å². The highest BCUT2D eigenvalue weighted by molar-refractivity contribution is 5.54. The Hall–Kier alpha value is -2.98. The molecule has 0 fully saturated rings. The van der Waals surface area contributed by atoms with Crippen molar-refractivity contribution in [2.45, 2.75) is 168 Å². The minimum absolute atomic E-state index is 0.494. The molecule has 1 aliphatic rings. The van der Waals surface area contributed by atoms with Gasteiger partial charge in [-0.1, -0.05) is 155 Å². The molecule has 1 aliphatic carbocycles. The molecule has 0 heterocycles. The van der Waals surface area contributed by atoms with Crippen LogP contribution in [0.3, 0.4) is 0 Å². The van der Waals surface area contributed by atoms with Gasteiger partial charge in [0.2, 0.25) is 0 Å². The summed E-state index contributed by atoms with van der Waals surface area (Å²) in [5.41, 5.74) is 10.1. The number of terminal acetylenes is 1. The Morgan fingerprint density at radius 1 is 0.875 bits per heavy atom. The fourth-order valence-corrected chi connectivity index (χ4v) is 5.27. The lowest BCUT2D eigenvalue weighted by Gasteiger charge is -2.35. The van der Waals surface area contributed by atoms with E-state index in [1.54, 1.807) is 0 Å². The summed E-state index contributed by atoms with van der Waals surface area (Å²) in [5, 5.41) is 0. The van der Waals surface area contributed by atoms with E-state index in [4.69, 9.17) is 6.42 Å². The van der Waals surface area contributed by atoms with Crippen molar-refractivity contribution < 1.29 is 0 Å². The monoisotopic (exact) mass is 660 g/mol. The van der Waals surface area contributed by atoms with E-state index in [0.29, 0.717) is 6.04 Å². The summed E-state index contributed by atoms with van der Waals surface area (Å²) in [6.07, 6.45) is 28.2. The third-order valence-corrected chi connectivity index (χ3v) is 8.07. The number of rotatable bonds is 12. The van der Waals surface area contributed by atoms with E-state index in [2.05, 4.69) is 117 Å². The van der Waals surface area contributed by atoms with Gasteiger partial charge in [-0.15, -0.1) is 6.42 Å². The van der Waals surface area contributed by atoms with E-state index in [0.717, 1.165) is 24.5 Å². The van der Waals surface area contributed by atoms with Crippen LogP contribution in [-0.4, -0.2) is 17.5 Å². The van der Waals surface area contributed by atoms with Gasteiger partial charge in [-0.25, -0.2) is 0 Å². The molecule has 0 spiro atoms. The number of benzene rings is 1. The van der Waals surface area contributed by atoms with Crippen molar-refractivity contribution in [3.8, 4) is 12.3 Å². The number of allylic oxidation sites excluding steroid dienone is 7. The molecule has 48 heavy (non-hydrogen) atoms. The van der Waals surface area contributed by atoms with Crippen LogP contribution in [0.15, 0.2) is 78.1 Å². The van der Waals surface area contributed by atoms with Crippen molar-refractivity contribution in [3.63, 3.8) is 0 Å². The third-order valence-electron chi connectivity index (χ3n) is 8.07. The minimum Gasteiger partial charge on any atom is -0.365 e. The van der Waals surface area contributed by atoms with Crippen LogP contribution in [0, 0.1) is 39.0 Å². The second-order valence-electron chi connectivity index (χ2n) is 12.1. The van der Waals surface area contributed by atoms with Crippen molar-refractivity contribution in [1.29, 1.82) is 0 Å². The minimum atomic E-state index is 0.494. The molecule has 0 aromatic heterocycles. The maximum Gasteiger partial charge on any atom is 0.0494 e. The molecular weight excluding hydrogens is 579 g/mol. The Morgan fingerprint density at radius 3 is 1.75 bits per heavy atom. The molecule has 0 saturated heterocycles. The van der Waals surface area contributed by atoms with Gasteiger partial charge in [-0.2, -0.15) is 0 Å². The number of hydrogen-bond acceptors (Lipinski definition) is 1. The number of aryl methyl sites for hydroxylation is 3. The average molecular weight is 660 g/mol. The molecule has 0 bridgehead atoms. The molecule has 0 saturated carbocycles. The molecular formula is C47H81N. The summed E-state index contributed by atoms with van der Waals surface area (Å²) in [7, 11) is 0. The zero-order valence-corrected chi connectivity index (χ0v) is 35.1. The van der Waals surface area contributed by atoms with Crippen LogP contribution in [0.1, 0.15) is 164 Å². The summed E-state index contributed by atoms with van der Waals surface area (Å²) in [6, 6.07) is 4.87. The Bertz CT molecular complexity index is 1110. The van der Waals surface area contributed by atoms with Gasteiger partial charge >= 0.3 is 0 Å². The molecule has 1 aromatic carbocycles. The van der Waals surface area contributed by atoms with Gasteiger partial charge in [0.05, 0.1) is 0 Å². The van der Waals surface area contributed by atoms with Crippen molar-refractivity contribution in [2.24, 2.45) is 5.92 Å². The van der Waals surface area contributed by atoms with Gasteiger partial charge in [0.25, 0.3) is 0 Å². The molecule has 1 heteroatoms. The van der Waals surface area contributed by atoms with Crippen LogP contribution in [0.5, 0.6) is 0 Å². The van der Waals surface area contributed by atoms with E-state index in [1.165, 1.54) is 84.0 Å². The van der Waals surface area contributed by atoms with E-state index in [9.17, 15) is 0 Å². The highest BCUT2D eigenvalue weighted by Gasteiger charge is 2.18. The molecule has 274 valence electrons. The summed E-state index contributed by atoms with van der Waals surface area (Å²) in [4.78, 5) is 2.51. The average Bonchev–Trinajstić information content (AvgIpc) is 3.10. The van der Waals surface area contributed by atoms with E-state index >= 15 is 0 Å². The lowest BCUT2D eigenvalue weighted by Crippen LogP contribution is -2.35. The van der Waals surface area contributed by atoms with Gasteiger partial charge < -0.3 is 4.90 Å². The summed E-state index contributed by atoms with van der Waals surface area (Å²) >= 11 is 0. The maximum atomic E-state index is 5.20. The lowest BCUT2D eigenvalue weighted by molar-refractivity contribution is 0.282. The third kappa shape index (κ3) is 24.2. The SMILES string of the molecule is C#CC(=C/C)/C(C)=C\C.C=C(C)C(CC)N(CCC)C1=CCCC=C1.C=Cc1cc(C)c(C)cc1C.CC.CC.CCCC(C)CCC. The van der Waals surface area contributed by atoms with Gasteiger partial charge in [0.1, 0.15) is 0 Å². The van der Waals surface area contributed by atoms with Crippen LogP contribution >= 0.6 is 0 Å². The fraction of sp³-hybridized carbons (Fsp3) is 0.574. The van der Waals surface area contributed by atoms with Gasteiger partial charge in [0, 0.05) is 23.9 Å². The Balaban J connectivity index is -0.000000269. The maximum absolute atomic E-state index is 5.20. The molecule has 0 aliphatic heterocycles. The van der Waals surface area contributed by atoms with E-state index < -0.39 is 0 Å². The molecule has 0 radical (unpaired) electrons. The molecule has 1 atom stereocenters. The number of nitrogens with zero attached hydrogens (tertiary/aromatic N) is 1. The molecule has 0 N–H and O–H groups in total. The van der Waals surface area contributed by atoms with Crippen LogP contribution in [0.2, 0.25) is 0 Å². The molecule has 1 aromatic rings. The van der Waals surface area contributed by atoms with Crippen molar-refractivity contribution in [1.82, 2.24) is 4.90 Å². The summed E-state index contributed by atoms with van der Waals surface area (Å²) < 4.78 is 0. The first kappa shape index (κ1) is 51.8. The highest BCUT2D eigenvalue weighted by Crippen LogP contribution is 2.22. The zero-order chi connectivity index (χ0) is 38.1. The Kier molecular flexibility index (Phi) is 38.2. The topological polar surface area (TPSA) is 3.24 Å². The second-order valence-corrected chi connectivity index (χ2v) is 12.1. The number of hydrogen-bond donors (Lipinski definition) is 0. The van der Waals surface area contributed by atoms with Gasteiger partial charge in [-0.3, -0.25) is 0 Å². The lowest BCUT2D eigenvalue weighted by atomic mass is 10.0. The smallest absolute Gasteiger partial charge is 0.0494 e. The molecule has 1 nitrogen and oxygen atoms in total. The Labute approximate surface area is 303 Å². The molecule has 2 rings (SSSR count).